The summed E-state index contributed by atoms with van der Waals surface area (Å²) in [5, 5.41) is 0. The van der Waals surface area contributed by atoms with Gasteiger partial charge in [-0.05, 0) is 42.7 Å². The second-order valence-electron chi connectivity index (χ2n) is 5.50. The number of halogens is 1. The van der Waals surface area contributed by atoms with Crippen LogP contribution in [0.4, 0.5) is 0 Å². The fourth-order valence-electron chi connectivity index (χ4n) is 2.55. The molecule has 0 N–H and O–H groups in total. The number of fused-ring (bicyclic) bond motifs is 1. The van der Waals surface area contributed by atoms with E-state index in [9.17, 15) is 0 Å². The van der Waals surface area contributed by atoms with E-state index >= 15 is 0 Å². The molecular formula is C16H23BrO. The summed E-state index contributed by atoms with van der Waals surface area (Å²) in [6.07, 6.45) is 5.00. The normalized spacial score (nSPS) is 20.8. The quantitative estimate of drug-likeness (QED) is 0.704. The van der Waals surface area contributed by atoms with Crippen LogP contribution in [0.15, 0.2) is 24.3 Å². The van der Waals surface area contributed by atoms with Crippen molar-refractivity contribution in [3.05, 3.63) is 35.4 Å². The number of alkyl halides is 1. The van der Waals surface area contributed by atoms with Gasteiger partial charge in [-0.3, -0.25) is 0 Å². The number of hydrogen-bond donors (Lipinski definition) is 0. The lowest BCUT2D eigenvalue weighted by atomic mass is 9.93. The minimum absolute atomic E-state index is 0.321. The van der Waals surface area contributed by atoms with E-state index in [1.165, 1.54) is 24.0 Å². The van der Waals surface area contributed by atoms with Gasteiger partial charge >= 0.3 is 0 Å². The van der Waals surface area contributed by atoms with Crippen LogP contribution in [-0.2, 0) is 11.2 Å². The van der Waals surface area contributed by atoms with E-state index in [2.05, 4.69) is 54.0 Å². The summed E-state index contributed by atoms with van der Waals surface area (Å²) >= 11 is 3.76. The first-order valence-electron chi connectivity index (χ1n) is 7.02. The SMILES string of the molecule is CC(C)C(Br)CCCC1OCCc2ccccc21. The maximum atomic E-state index is 5.93. The Morgan fingerprint density at radius 3 is 2.89 bits per heavy atom. The zero-order valence-electron chi connectivity index (χ0n) is 11.4. The molecule has 100 valence electrons. The molecule has 2 heteroatoms. The van der Waals surface area contributed by atoms with E-state index in [1.54, 1.807) is 0 Å². The van der Waals surface area contributed by atoms with Gasteiger partial charge in [0.25, 0.3) is 0 Å². The summed E-state index contributed by atoms with van der Waals surface area (Å²) in [7, 11) is 0. The van der Waals surface area contributed by atoms with Gasteiger partial charge in [0.15, 0.2) is 0 Å². The molecule has 1 aliphatic rings. The van der Waals surface area contributed by atoms with Crippen molar-refractivity contribution in [1.29, 1.82) is 0 Å². The van der Waals surface area contributed by atoms with Gasteiger partial charge in [0.05, 0.1) is 12.7 Å². The summed E-state index contributed by atoms with van der Waals surface area (Å²) in [5.74, 6) is 0.713. The Morgan fingerprint density at radius 1 is 1.33 bits per heavy atom. The van der Waals surface area contributed by atoms with Crippen LogP contribution in [0.25, 0.3) is 0 Å². The molecule has 0 saturated carbocycles. The van der Waals surface area contributed by atoms with Gasteiger partial charge in [-0.15, -0.1) is 0 Å². The Kier molecular flexibility index (Phi) is 5.25. The minimum Gasteiger partial charge on any atom is -0.373 e. The predicted molar refractivity (Wildman–Crippen MR) is 80.2 cm³/mol. The van der Waals surface area contributed by atoms with Gasteiger partial charge < -0.3 is 4.74 Å². The minimum atomic E-state index is 0.321. The third-order valence-corrected chi connectivity index (χ3v) is 5.28. The average molecular weight is 311 g/mol. The molecule has 0 saturated heterocycles. The Hall–Kier alpha value is -0.340. The summed E-state index contributed by atoms with van der Waals surface area (Å²) < 4.78 is 5.93. The number of benzene rings is 1. The molecule has 2 atom stereocenters. The summed E-state index contributed by atoms with van der Waals surface area (Å²) in [6.45, 7) is 5.42. The second-order valence-corrected chi connectivity index (χ2v) is 6.68. The number of hydrogen-bond acceptors (Lipinski definition) is 1. The monoisotopic (exact) mass is 310 g/mol. The lowest BCUT2D eigenvalue weighted by Gasteiger charge is -2.26. The van der Waals surface area contributed by atoms with Crippen molar-refractivity contribution in [2.24, 2.45) is 5.92 Å². The van der Waals surface area contributed by atoms with Crippen LogP contribution in [0, 0.1) is 5.92 Å². The molecule has 1 aromatic carbocycles. The zero-order valence-corrected chi connectivity index (χ0v) is 12.9. The third kappa shape index (κ3) is 3.58. The van der Waals surface area contributed by atoms with E-state index < -0.39 is 0 Å². The Bertz CT molecular complexity index is 375. The molecule has 0 bridgehead atoms. The topological polar surface area (TPSA) is 9.23 Å². The highest BCUT2D eigenvalue weighted by Gasteiger charge is 2.20. The predicted octanol–water partition coefficient (Wildman–Crippen LogP) is 4.89. The molecule has 0 aromatic heterocycles. The van der Waals surface area contributed by atoms with Crippen LogP contribution in [0.2, 0.25) is 0 Å². The Morgan fingerprint density at radius 2 is 2.11 bits per heavy atom. The zero-order chi connectivity index (χ0) is 13.0. The molecule has 1 aromatic rings. The molecule has 2 rings (SSSR count). The molecular weight excluding hydrogens is 288 g/mol. The van der Waals surface area contributed by atoms with E-state index in [0.717, 1.165) is 19.4 Å². The van der Waals surface area contributed by atoms with Crippen LogP contribution in [0.3, 0.4) is 0 Å². The van der Waals surface area contributed by atoms with Crippen molar-refractivity contribution in [3.63, 3.8) is 0 Å². The van der Waals surface area contributed by atoms with Crippen molar-refractivity contribution in [1.82, 2.24) is 0 Å². The lowest BCUT2D eigenvalue weighted by molar-refractivity contribution is 0.0348. The highest BCUT2D eigenvalue weighted by Crippen LogP contribution is 2.31. The van der Waals surface area contributed by atoms with Crippen molar-refractivity contribution in [3.8, 4) is 0 Å². The molecule has 0 radical (unpaired) electrons. The molecule has 0 spiro atoms. The van der Waals surface area contributed by atoms with Gasteiger partial charge in [-0.1, -0.05) is 54.0 Å². The number of rotatable bonds is 5. The van der Waals surface area contributed by atoms with Crippen LogP contribution >= 0.6 is 15.9 Å². The summed E-state index contributed by atoms with van der Waals surface area (Å²) in [5.41, 5.74) is 2.90. The molecule has 1 nitrogen and oxygen atoms in total. The molecule has 1 heterocycles. The Balaban J connectivity index is 1.88. The highest BCUT2D eigenvalue weighted by atomic mass is 79.9. The highest BCUT2D eigenvalue weighted by molar-refractivity contribution is 9.09. The number of ether oxygens (including phenoxy) is 1. The van der Waals surface area contributed by atoms with E-state index in [4.69, 9.17) is 4.74 Å². The lowest BCUT2D eigenvalue weighted by Crippen LogP contribution is -2.16. The third-order valence-electron chi connectivity index (χ3n) is 3.76. The summed E-state index contributed by atoms with van der Waals surface area (Å²) in [4.78, 5) is 0.635. The standard InChI is InChI=1S/C16H23BrO/c1-12(2)15(17)8-5-9-16-14-7-4-3-6-13(14)10-11-18-16/h3-4,6-7,12,15-16H,5,8-11H2,1-2H3. The van der Waals surface area contributed by atoms with Crippen molar-refractivity contribution < 1.29 is 4.74 Å². The first-order valence-corrected chi connectivity index (χ1v) is 7.93. The van der Waals surface area contributed by atoms with Gasteiger partial charge in [0, 0.05) is 4.83 Å². The molecule has 0 aliphatic carbocycles. The Labute approximate surface area is 119 Å². The van der Waals surface area contributed by atoms with Crippen molar-refractivity contribution in [2.45, 2.75) is 50.5 Å². The molecule has 0 fully saturated rings. The van der Waals surface area contributed by atoms with Crippen LogP contribution < -0.4 is 0 Å². The van der Waals surface area contributed by atoms with Crippen molar-refractivity contribution in [2.75, 3.05) is 6.61 Å². The van der Waals surface area contributed by atoms with Gasteiger partial charge in [-0.2, -0.15) is 0 Å². The van der Waals surface area contributed by atoms with Crippen LogP contribution in [-0.4, -0.2) is 11.4 Å². The molecule has 2 unspecified atom stereocenters. The van der Waals surface area contributed by atoms with Crippen LogP contribution in [0.5, 0.6) is 0 Å². The molecule has 18 heavy (non-hydrogen) atoms. The van der Waals surface area contributed by atoms with Gasteiger partial charge in [0.1, 0.15) is 0 Å². The van der Waals surface area contributed by atoms with Gasteiger partial charge in [-0.25, -0.2) is 0 Å². The average Bonchev–Trinajstić information content (AvgIpc) is 2.38. The smallest absolute Gasteiger partial charge is 0.0827 e. The fourth-order valence-corrected chi connectivity index (χ4v) is 2.87. The first kappa shape index (κ1) is 14.1. The van der Waals surface area contributed by atoms with Crippen LogP contribution in [0.1, 0.15) is 50.3 Å². The van der Waals surface area contributed by atoms with E-state index in [-0.39, 0.29) is 0 Å². The summed E-state index contributed by atoms with van der Waals surface area (Å²) in [6, 6.07) is 8.73. The van der Waals surface area contributed by atoms with E-state index in [1.807, 2.05) is 0 Å². The van der Waals surface area contributed by atoms with Crippen molar-refractivity contribution >= 4 is 15.9 Å². The fraction of sp³-hybridized carbons (Fsp3) is 0.625. The second kappa shape index (κ2) is 6.72. The van der Waals surface area contributed by atoms with Gasteiger partial charge in [0.2, 0.25) is 0 Å². The first-order chi connectivity index (χ1) is 8.68. The molecule has 1 aliphatic heterocycles. The maximum Gasteiger partial charge on any atom is 0.0827 e. The van der Waals surface area contributed by atoms with E-state index in [0.29, 0.717) is 16.8 Å². The molecule has 0 amide bonds. The largest absolute Gasteiger partial charge is 0.373 e. The maximum absolute atomic E-state index is 5.93.